The van der Waals surface area contributed by atoms with Crippen LogP contribution in [0.15, 0.2) is 4.47 Å². The third-order valence-electron chi connectivity index (χ3n) is 2.23. The third-order valence-corrected chi connectivity index (χ3v) is 3.57. The summed E-state index contributed by atoms with van der Waals surface area (Å²) in [5.74, 6) is 1.09. The molecule has 0 N–H and O–H groups in total. The molecule has 0 aliphatic heterocycles. The number of nitrogens with zero attached hydrogens (tertiary/aromatic N) is 2. The minimum absolute atomic E-state index is 0.311. The van der Waals surface area contributed by atoms with Crippen LogP contribution in [0.25, 0.3) is 0 Å². The zero-order valence-corrected chi connectivity index (χ0v) is 11.4. The number of halogens is 2. The van der Waals surface area contributed by atoms with E-state index in [1.54, 1.807) is 7.11 Å². The maximum Gasteiger partial charge on any atom is 0.147 e. The molecule has 0 spiro atoms. The summed E-state index contributed by atoms with van der Waals surface area (Å²) in [7, 11) is 1.63. The van der Waals surface area contributed by atoms with E-state index in [9.17, 15) is 0 Å². The lowest BCUT2D eigenvalue weighted by Gasteiger charge is -2.11. The van der Waals surface area contributed by atoms with Gasteiger partial charge in [0.1, 0.15) is 11.0 Å². The molecule has 5 heteroatoms. The zero-order chi connectivity index (χ0) is 11.4. The van der Waals surface area contributed by atoms with Crippen LogP contribution in [0.5, 0.6) is 0 Å². The predicted molar refractivity (Wildman–Crippen MR) is 64.2 cm³/mol. The van der Waals surface area contributed by atoms with E-state index in [0.29, 0.717) is 17.7 Å². The normalized spacial score (nSPS) is 12.9. The number of aromatic nitrogens is 2. The molecule has 0 radical (unpaired) electrons. The maximum atomic E-state index is 6.00. The second kappa shape index (κ2) is 5.77. The standard InChI is InChI=1S/C10H14BrClN2O/c1-4-6(2)10-13-7(5-15-3)8(11)9(12)14-10/h6H,4-5H2,1-3H3. The SMILES string of the molecule is CCC(C)c1nc(Cl)c(Br)c(COC)n1. The zero-order valence-electron chi connectivity index (χ0n) is 9.05. The summed E-state index contributed by atoms with van der Waals surface area (Å²) in [5, 5.41) is 0.451. The summed E-state index contributed by atoms with van der Waals surface area (Å²) in [4.78, 5) is 8.66. The van der Waals surface area contributed by atoms with E-state index in [-0.39, 0.29) is 0 Å². The van der Waals surface area contributed by atoms with Crippen molar-refractivity contribution in [3.8, 4) is 0 Å². The van der Waals surface area contributed by atoms with Crippen molar-refractivity contribution in [1.29, 1.82) is 0 Å². The number of ether oxygens (including phenoxy) is 1. The lowest BCUT2D eigenvalue weighted by molar-refractivity contribution is 0.180. The first-order valence-corrected chi connectivity index (χ1v) is 5.98. The predicted octanol–water partition coefficient (Wildman–Crippen LogP) is 3.55. The second-order valence-electron chi connectivity index (χ2n) is 3.38. The molecule has 1 heterocycles. The summed E-state index contributed by atoms with van der Waals surface area (Å²) >= 11 is 9.35. The first-order chi connectivity index (χ1) is 7.10. The number of rotatable bonds is 4. The Balaban J connectivity index is 3.11. The van der Waals surface area contributed by atoms with Gasteiger partial charge >= 0.3 is 0 Å². The fourth-order valence-electron chi connectivity index (χ4n) is 1.12. The largest absolute Gasteiger partial charge is 0.378 e. The molecular formula is C10H14BrClN2O. The van der Waals surface area contributed by atoms with Crippen LogP contribution >= 0.6 is 27.5 Å². The number of hydrogen-bond acceptors (Lipinski definition) is 3. The number of methoxy groups -OCH3 is 1. The summed E-state index contributed by atoms with van der Waals surface area (Å²) in [5.41, 5.74) is 0.799. The van der Waals surface area contributed by atoms with E-state index >= 15 is 0 Å². The Kier molecular flexibility index (Phi) is 4.96. The van der Waals surface area contributed by atoms with Crippen LogP contribution in [0.1, 0.15) is 37.7 Å². The van der Waals surface area contributed by atoms with Gasteiger partial charge in [-0.3, -0.25) is 0 Å². The second-order valence-corrected chi connectivity index (χ2v) is 4.53. The minimum Gasteiger partial charge on any atom is -0.378 e. The van der Waals surface area contributed by atoms with Crippen molar-refractivity contribution >= 4 is 27.5 Å². The van der Waals surface area contributed by atoms with Gasteiger partial charge in [0.05, 0.1) is 16.8 Å². The van der Waals surface area contributed by atoms with Crippen molar-refractivity contribution in [2.45, 2.75) is 32.8 Å². The van der Waals surface area contributed by atoms with Crippen LogP contribution in [0.2, 0.25) is 5.15 Å². The van der Waals surface area contributed by atoms with Crippen LogP contribution in [0, 0.1) is 0 Å². The molecule has 1 aromatic rings. The fraction of sp³-hybridized carbons (Fsp3) is 0.600. The molecule has 0 aliphatic carbocycles. The van der Waals surface area contributed by atoms with Gasteiger partial charge in [-0.25, -0.2) is 9.97 Å². The summed E-state index contributed by atoms with van der Waals surface area (Å²) < 4.78 is 5.77. The highest BCUT2D eigenvalue weighted by atomic mass is 79.9. The molecule has 15 heavy (non-hydrogen) atoms. The molecule has 0 bridgehead atoms. The van der Waals surface area contributed by atoms with Gasteiger partial charge in [-0.2, -0.15) is 0 Å². The van der Waals surface area contributed by atoms with E-state index < -0.39 is 0 Å². The van der Waals surface area contributed by atoms with Crippen molar-refractivity contribution in [3.63, 3.8) is 0 Å². The average Bonchev–Trinajstić information content (AvgIpc) is 2.23. The van der Waals surface area contributed by atoms with Crippen molar-refractivity contribution in [2.75, 3.05) is 7.11 Å². The van der Waals surface area contributed by atoms with E-state index in [1.165, 1.54) is 0 Å². The molecule has 1 atom stereocenters. The molecule has 84 valence electrons. The highest BCUT2D eigenvalue weighted by Gasteiger charge is 2.13. The summed E-state index contributed by atoms with van der Waals surface area (Å²) in [6.45, 7) is 4.61. The molecule has 0 aromatic carbocycles. The Bertz CT molecular complexity index is 346. The Hall–Kier alpha value is -0.190. The molecule has 1 unspecified atom stereocenters. The fourth-order valence-corrected chi connectivity index (χ4v) is 1.60. The highest BCUT2D eigenvalue weighted by molar-refractivity contribution is 9.10. The molecule has 0 saturated carbocycles. The quantitative estimate of drug-likeness (QED) is 0.796. The van der Waals surface area contributed by atoms with Crippen molar-refractivity contribution in [2.24, 2.45) is 0 Å². The molecule has 1 aromatic heterocycles. The van der Waals surface area contributed by atoms with Gasteiger partial charge in [-0.15, -0.1) is 0 Å². The van der Waals surface area contributed by atoms with Gasteiger partial charge in [0.2, 0.25) is 0 Å². The lowest BCUT2D eigenvalue weighted by Crippen LogP contribution is -2.05. The van der Waals surface area contributed by atoms with Crippen LogP contribution in [-0.4, -0.2) is 17.1 Å². The van der Waals surface area contributed by atoms with E-state index in [0.717, 1.165) is 22.4 Å². The minimum atomic E-state index is 0.311. The average molecular weight is 294 g/mol. The summed E-state index contributed by atoms with van der Waals surface area (Å²) in [6.07, 6.45) is 0.990. The van der Waals surface area contributed by atoms with Crippen LogP contribution in [0.3, 0.4) is 0 Å². The Morgan fingerprint density at radius 2 is 2.13 bits per heavy atom. The first-order valence-electron chi connectivity index (χ1n) is 4.80. The first kappa shape index (κ1) is 12.9. The van der Waals surface area contributed by atoms with Crippen molar-refractivity contribution < 1.29 is 4.74 Å². The monoisotopic (exact) mass is 292 g/mol. The van der Waals surface area contributed by atoms with Crippen molar-refractivity contribution in [1.82, 2.24) is 9.97 Å². The number of hydrogen-bond donors (Lipinski definition) is 0. The van der Waals surface area contributed by atoms with Gasteiger partial charge in [0.15, 0.2) is 0 Å². The van der Waals surface area contributed by atoms with E-state index in [1.807, 2.05) is 0 Å². The Labute approximate surface area is 103 Å². The van der Waals surface area contributed by atoms with Crippen LogP contribution in [0.4, 0.5) is 0 Å². The molecule has 3 nitrogen and oxygen atoms in total. The third kappa shape index (κ3) is 3.13. The molecule has 0 fully saturated rings. The van der Waals surface area contributed by atoms with Gasteiger partial charge in [-0.05, 0) is 22.4 Å². The van der Waals surface area contributed by atoms with Gasteiger partial charge in [0, 0.05) is 13.0 Å². The molecule has 1 rings (SSSR count). The van der Waals surface area contributed by atoms with E-state index in [4.69, 9.17) is 16.3 Å². The molecule has 0 amide bonds. The maximum absolute atomic E-state index is 6.00. The van der Waals surface area contributed by atoms with Crippen LogP contribution < -0.4 is 0 Å². The molecule has 0 aliphatic rings. The summed E-state index contributed by atoms with van der Waals surface area (Å²) in [6, 6.07) is 0. The Morgan fingerprint density at radius 3 is 2.67 bits per heavy atom. The topological polar surface area (TPSA) is 35.0 Å². The highest BCUT2D eigenvalue weighted by Crippen LogP contribution is 2.26. The van der Waals surface area contributed by atoms with E-state index in [2.05, 4.69) is 39.7 Å². The van der Waals surface area contributed by atoms with Crippen molar-refractivity contribution in [3.05, 3.63) is 21.1 Å². The smallest absolute Gasteiger partial charge is 0.147 e. The van der Waals surface area contributed by atoms with Gasteiger partial charge in [0.25, 0.3) is 0 Å². The molecule has 0 saturated heterocycles. The van der Waals surface area contributed by atoms with Crippen LogP contribution in [-0.2, 0) is 11.3 Å². The lowest BCUT2D eigenvalue weighted by atomic mass is 10.1. The van der Waals surface area contributed by atoms with Gasteiger partial charge in [-0.1, -0.05) is 25.4 Å². The molecular weight excluding hydrogens is 279 g/mol. The Morgan fingerprint density at radius 1 is 1.47 bits per heavy atom. The van der Waals surface area contributed by atoms with Gasteiger partial charge < -0.3 is 4.74 Å².